The molecule has 0 aliphatic carbocycles. The van der Waals surface area contributed by atoms with Crippen molar-refractivity contribution in [3.8, 4) is 5.69 Å². The first-order valence-electron chi connectivity index (χ1n) is 7.89. The Morgan fingerprint density at radius 3 is 2.54 bits per heavy atom. The van der Waals surface area contributed by atoms with Gasteiger partial charge >= 0.3 is 0 Å². The maximum atomic E-state index is 4.97. The predicted octanol–water partition coefficient (Wildman–Crippen LogP) is 5.19. The molecule has 7 heteroatoms. The number of hydrogen-bond acceptors (Lipinski definition) is 4. The Morgan fingerprint density at radius 2 is 2.04 bits per heavy atom. The fourth-order valence-electron chi connectivity index (χ4n) is 1.94. The third-order valence-electron chi connectivity index (χ3n) is 4.70. The second-order valence-electron chi connectivity index (χ2n) is 7.47. The maximum absolute atomic E-state index is 4.97. The van der Waals surface area contributed by atoms with Gasteiger partial charge < -0.3 is 0 Å². The molecule has 1 heterocycles. The van der Waals surface area contributed by atoms with Crippen LogP contribution < -0.4 is 0 Å². The van der Waals surface area contributed by atoms with Crippen LogP contribution in [0.5, 0.6) is 0 Å². The van der Waals surface area contributed by atoms with Crippen molar-refractivity contribution in [3.63, 3.8) is 0 Å². The third-order valence-corrected chi connectivity index (χ3v) is 11.1. The van der Waals surface area contributed by atoms with Gasteiger partial charge in [0.15, 0.2) is 0 Å². The van der Waals surface area contributed by atoms with Gasteiger partial charge in [0.25, 0.3) is 0 Å². The van der Waals surface area contributed by atoms with Gasteiger partial charge in [-0.1, -0.05) is 39.9 Å². The lowest BCUT2D eigenvalue weighted by Crippen LogP contribution is -2.41. The van der Waals surface area contributed by atoms with Gasteiger partial charge in [-0.2, -0.15) is 5.10 Å². The average Bonchev–Trinajstić information content (AvgIpc) is 3.00. The second-order valence-corrected chi connectivity index (χ2v) is 14.7. The lowest BCUT2D eigenvalue weighted by molar-refractivity contribution is 0.716. The molecule has 2 aromatic rings. The Bertz CT molecular complexity index is 721. The summed E-state index contributed by atoms with van der Waals surface area (Å²) < 4.78 is 2.74. The van der Waals surface area contributed by atoms with Crippen molar-refractivity contribution < 1.29 is 0 Å². The highest BCUT2D eigenvalue weighted by Crippen LogP contribution is 2.36. The van der Waals surface area contributed by atoms with Gasteiger partial charge in [0, 0.05) is 16.2 Å². The van der Waals surface area contributed by atoms with E-state index in [4.69, 9.17) is 4.99 Å². The molecule has 0 saturated heterocycles. The maximum Gasteiger partial charge on any atom is 0.138 e. The van der Waals surface area contributed by atoms with Crippen molar-refractivity contribution in [2.45, 2.75) is 38.9 Å². The van der Waals surface area contributed by atoms with Crippen LogP contribution in [0, 0.1) is 0 Å². The molecular formula is C17H25BrN4SSi. The Balaban J connectivity index is 2.28. The minimum Gasteiger partial charge on any atom is -0.281 e. The summed E-state index contributed by atoms with van der Waals surface area (Å²) in [5.74, 6) is 0. The van der Waals surface area contributed by atoms with Crippen LogP contribution in [-0.2, 0) is 0 Å². The molecule has 24 heavy (non-hydrogen) atoms. The van der Waals surface area contributed by atoms with Crippen LogP contribution in [-0.4, -0.2) is 40.3 Å². The first-order chi connectivity index (χ1) is 11.2. The van der Waals surface area contributed by atoms with E-state index in [0.717, 1.165) is 26.9 Å². The monoisotopic (exact) mass is 424 g/mol. The van der Waals surface area contributed by atoms with Crippen LogP contribution in [0.1, 0.15) is 26.3 Å². The second kappa shape index (κ2) is 7.54. The summed E-state index contributed by atoms with van der Waals surface area (Å²) >= 11 is 5.35. The lowest BCUT2D eigenvalue weighted by atomic mass is 10.2. The number of benzene rings is 1. The summed E-state index contributed by atoms with van der Waals surface area (Å²) in [5, 5.41) is 5.62. The Hall–Kier alpha value is -0.923. The standard InChI is InChI=1S/C17H25BrN4SSi/c1-17(2,3)24(5,6)12-20-16(23-4)13-7-8-15(14(18)9-13)22-11-19-10-21-22/h7-11H,12H2,1-6H3/b20-16-. The van der Waals surface area contributed by atoms with Crippen LogP contribution in [0.4, 0.5) is 0 Å². The van der Waals surface area contributed by atoms with Gasteiger partial charge in [-0.05, 0) is 39.4 Å². The molecule has 4 nitrogen and oxygen atoms in total. The molecule has 0 radical (unpaired) electrons. The Kier molecular flexibility index (Phi) is 6.09. The topological polar surface area (TPSA) is 43.1 Å². The first kappa shape index (κ1) is 19.4. The molecule has 0 spiro atoms. The highest BCUT2D eigenvalue weighted by molar-refractivity contribution is 9.10. The van der Waals surface area contributed by atoms with E-state index in [9.17, 15) is 0 Å². The molecule has 0 unspecified atom stereocenters. The van der Waals surface area contributed by atoms with Crippen LogP contribution in [0.15, 0.2) is 40.3 Å². The summed E-state index contributed by atoms with van der Waals surface area (Å²) in [4.78, 5) is 8.97. The van der Waals surface area contributed by atoms with Gasteiger partial charge in [-0.25, -0.2) is 9.67 Å². The van der Waals surface area contributed by atoms with Crippen molar-refractivity contribution in [2.24, 2.45) is 4.99 Å². The molecule has 0 amide bonds. The fraction of sp³-hybridized carbons (Fsp3) is 0.471. The quantitative estimate of drug-likeness (QED) is 0.385. The molecule has 1 aromatic carbocycles. The molecule has 1 aromatic heterocycles. The minimum atomic E-state index is -1.42. The highest BCUT2D eigenvalue weighted by Gasteiger charge is 2.34. The molecule has 2 rings (SSSR count). The van der Waals surface area contributed by atoms with Crippen molar-refractivity contribution in [3.05, 3.63) is 40.9 Å². The van der Waals surface area contributed by atoms with Gasteiger partial charge in [0.2, 0.25) is 0 Å². The largest absolute Gasteiger partial charge is 0.281 e. The number of nitrogens with zero attached hydrogens (tertiary/aromatic N) is 4. The number of hydrogen-bond donors (Lipinski definition) is 0. The van der Waals surface area contributed by atoms with E-state index >= 15 is 0 Å². The van der Waals surface area contributed by atoms with Gasteiger partial charge in [0.05, 0.1) is 18.8 Å². The number of halogens is 1. The van der Waals surface area contributed by atoms with Crippen LogP contribution in [0.3, 0.4) is 0 Å². The normalized spacial score (nSPS) is 13.4. The third kappa shape index (κ3) is 4.37. The van der Waals surface area contributed by atoms with Gasteiger partial charge in [0.1, 0.15) is 12.7 Å². The number of rotatable bonds is 4. The molecule has 0 saturated carbocycles. The molecule has 0 aliphatic heterocycles. The Morgan fingerprint density at radius 1 is 1.33 bits per heavy atom. The average molecular weight is 425 g/mol. The Labute approximate surface area is 158 Å². The van der Waals surface area contributed by atoms with E-state index in [0.29, 0.717) is 5.04 Å². The summed E-state index contributed by atoms with van der Waals surface area (Å²) in [5.41, 5.74) is 2.11. The zero-order valence-corrected chi connectivity index (χ0v) is 18.6. The highest BCUT2D eigenvalue weighted by atomic mass is 79.9. The van der Waals surface area contributed by atoms with E-state index in [2.05, 4.69) is 78.3 Å². The number of thioether (sulfide) groups is 1. The van der Waals surface area contributed by atoms with Gasteiger partial charge in [-0.3, -0.25) is 4.99 Å². The van der Waals surface area contributed by atoms with Crippen LogP contribution in [0.2, 0.25) is 18.1 Å². The van der Waals surface area contributed by atoms with Crippen molar-refractivity contribution >= 4 is 40.8 Å². The fourth-order valence-corrected chi connectivity index (χ4v) is 4.20. The smallest absolute Gasteiger partial charge is 0.138 e. The van der Waals surface area contributed by atoms with Crippen molar-refractivity contribution in [1.82, 2.24) is 14.8 Å². The minimum absolute atomic E-state index is 0.345. The van der Waals surface area contributed by atoms with E-state index in [1.54, 1.807) is 22.8 Å². The van der Waals surface area contributed by atoms with E-state index < -0.39 is 8.07 Å². The summed E-state index contributed by atoms with van der Waals surface area (Å²) in [6.45, 7) is 11.8. The molecule has 0 fully saturated rings. The van der Waals surface area contributed by atoms with Crippen LogP contribution in [0.25, 0.3) is 5.69 Å². The zero-order chi connectivity index (χ0) is 18.0. The van der Waals surface area contributed by atoms with Crippen LogP contribution >= 0.6 is 27.7 Å². The predicted molar refractivity (Wildman–Crippen MR) is 111 cm³/mol. The summed E-state index contributed by atoms with van der Waals surface area (Å²) in [6.07, 6.45) is 6.26. The summed E-state index contributed by atoms with van der Waals surface area (Å²) in [6, 6.07) is 6.26. The first-order valence-corrected chi connectivity index (χ1v) is 13.1. The summed E-state index contributed by atoms with van der Waals surface area (Å²) in [7, 11) is -1.42. The SMILES string of the molecule is CS/C(=N\C[Si](C)(C)C(C)(C)C)c1ccc(-n2cncn2)c(Br)c1. The molecule has 0 N–H and O–H groups in total. The molecule has 0 aliphatic rings. The molecule has 0 bridgehead atoms. The van der Waals surface area contributed by atoms with Crippen molar-refractivity contribution in [2.75, 3.05) is 12.4 Å². The molecule has 130 valence electrons. The van der Waals surface area contributed by atoms with E-state index in [-0.39, 0.29) is 0 Å². The number of aliphatic imine (C=N–C) groups is 1. The lowest BCUT2D eigenvalue weighted by Gasteiger charge is -2.35. The zero-order valence-electron chi connectivity index (χ0n) is 15.2. The molecule has 0 atom stereocenters. The van der Waals surface area contributed by atoms with Gasteiger partial charge in [-0.15, -0.1) is 11.8 Å². The van der Waals surface area contributed by atoms with Crippen molar-refractivity contribution in [1.29, 1.82) is 0 Å². The van der Waals surface area contributed by atoms with E-state index in [1.165, 1.54) is 6.33 Å². The number of aromatic nitrogens is 3. The van der Waals surface area contributed by atoms with E-state index in [1.807, 2.05) is 6.07 Å². The molecular weight excluding hydrogens is 400 g/mol.